The van der Waals surface area contributed by atoms with E-state index < -0.39 is 11.6 Å². The van der Waals surface area contributed by atoms with Crippen LogP contribution in [0.2, 0.25) is 0 Å². The van der Waals surface area contributed by atoms with Crippen LogP contribution >= 0.6 is 0 Å². The van der Waals surface area contributed by atoms with Gasteiger partial charge in [0.25, 0.3) is 0 Å². The third-order valence-corrected chi connectivity index (χ3v) is 3.19. The van der Waals surface area contributed by atoms with Gasteiger partial charge in [0.2, 0.25) is 0 Å². The van der Waals surface area contributed by atoms with Gasteiger partial charge in [-0.3, -0.25) is 8.78 Å². The molecule has 0 aliphatic rings. The van der Waals surface area contributed by atoms with Gasteiger partial charge in [-0.15, -0.1) is 18.2 Å². The first kappa shape index (κ1) is 21.6. The molecule has 0 aliphatic carbocycles. The van der Waals surface area contributed by atoms with E-state index in [1.807, 2.05) is 30.3 Å². The first-order valence-corrected chi connectivity index (χ1v) is 7.51. The molecule has 1 heterocycles. The summed E-state index contributed by atoms with van der Waals surface area (Å²) in [5, 5.41) is 10.2. The van der Waals surface area contributed by atoms with Crippen molar-refractivity contribution in [1.82, 2.24) is 4.98 Å². The van der Waals surface area contributed by atoms with Gasteiger partial charge >= 0.3 is 20.1 Å². The van der Waals surface area contributed by atoms with Gasteiger partial charge < -0.3 is 16.1 Å². The first-order valence-electron chi connectivity index (χ1n) is 7.51. The molecule has 0 amide bonds. The standard InChI is InChI=1S/C15H8F2N.C5H8N2.Ir/c16-11-5-6-13(14(17)9-11)15-12-4-2-1-3-10(12)7-8-18-15;1-4(6)3-5(2)7;/h1-5,7-9H;3,6H,1-2H3;/q-1;-2;+3/b;4-3-;. The van der Waals surface area contributed by atoms with E-state index in [-0.39, 0.29) is 31.4 Å². The molecule has 0 atom stereocenters. The Labute approximate surface area is 164 Å². The number of hydrogen-bond donors (Lipinski definition) is 0. The Morgan fingerprint density at radius 3 is 2.46 bits per heavy atom. The van der Waals surface area contributed by atoms with E-state index in [1.54, 1.807) is 13.1 Å². The SMILES string of the molecule is CC(=[N-])/C=C(/C)[NH-].Fc1c[c-]c(-c2nccc3ccccc23)c(F)c1.[Ir+3]. The van der Waals surface area contributed by atoms with E-state index in [4.69, 9.17) is 11.1 Å². The molecule has 134 valence electrons. The Hall–Kier alpha value is -2.43. The van der Waals surface area contributed by atoms with Crippen molar-refractivity contribution in [1.29, 1.82) is 0 Å². The molecule has 3 rings (SSSR count). The average molecular weight is 529 g/mol. The van der Waals surface area contributed by atoms with Crippen molar-refractivity contribution in [2.75, 3.05) is 0 Å². The quantitative estimate of drug-likeness (QED) is 0.300. The number of aromatic nitrogens is 1. The summed E-state index contributed by atoms with van der Waals surface area (Å²) in [6.07, 6.45) is 2.99. The first-order chi connectivity index (χ1) is 11.9. The number of benzene rings is 2. The molecule has 0 fully saturated rings. The number of allylic oxidation sites excluding steroid dienone is 2. The minimum atomic E-state index is -0.654. The molecule has 6 heteroatoms. The molecule has 26 heavy (non-hydrogen) atoms. The van der Waals surface area contributed by atoms with Gasteiger partial charge in [-0.2, -0.15) is 11.4 Å². The average Bonchev–Trinajstić information content (AvgIpc) is 2.54. The van der Waals surface area contributed by atoms with E-state index in [2.05, 4.69) is 11.1 Å². The minimum Gasteiger partial charge on any atom is -0.808 e. The number of halogens is 2. The van der Waals surface area contributed by atoms with Crippen molar-refractivity contribution in [3.63, 3.8) is 0 Å². The van der Waals surface area contributed by atoms with Crippen LogP contribution in [0.3, 0.4) is 0 Å². The molecule has 0 bridgehead atoms. The van der Waals surface area contributed by atoms with Crippen LogP contribution in [0.4, 0.5) is 8.78 Å². The number of nitrogens with zero attached hydrogens (tertiary/aromatic N) is 2. The minimum absolute atomic E-state index is 0. The normalized spacial score (nSPS) is 10.5. The van der Waals surface area contributed by atoms with E-state index >= 15 is 0 Å². The molecule has 3 aromatic rings. The summed E-state index contributed by atoms with van der Waals surface area (Å²) in [4.78, 5) is 4.17. The second-order valence-electron chi connectivity index (χ2n) is 5.39. The van der Waals surface area contributed by atoms with Crippen LogP contribution in [0, 0.1) is 17.7 Å². The van der Waals surface area contributed by atoms with Crippen molar-refractivity contribution in [2.24, 2.45) is 0 Å². The summed E-state index contributed by atoms with van der Waals surface area (Å²) in [5.74, 6) is -1.30. The zero-order valence-electron chi connectivity index (χ0n) is 14.2. The van der Waals surface area contributed by atoms with Gasteiger partial charge in [-0.25, -0.2) is 0 Å². The van der Waals surface area contributed by atoms with Crippen LogP contribution in [0.25, 0.3) is 33.2 Å². The molecule has 0 aliphatic heterocycles. The Kier molecular flexibility index (Phi) is 8.23. The third kappa shape index (κ3) is 5.83. The Balaban J connectivity index is 0.000000366. The smallest absolute Gasteiger partial charge is 0.808 e. The van der Waals surface area contributed by atoms with Crippen LogP contribution in [0.5, 0.6) is 0 Å². The molecule has 1 N–H and O–H groups in total. The van der Waals surface area contributed by atoms with Crippen molar-refractivity contribution in [3.8, 4) is 11.3 Å². The van der Waals surface area contributed by atoms with Gasteiger partial charge in [0.15, 0.2) is 0 Å². The van der Waals surface area contributed by atoms with E-state index in [0.717, 1.165) is 22.9 Å². The maximum atomic E-state index is 13.8. The molecule has 2 aromatic carbocycles. The number of fused-ring (bicyclic) bond motifs is 1. The van der Waals surface area contributed by atoms with Crippen molar-refractivity contribution in [2.45, 2.75) is 13.8 Å². The van der Waals surface area contributed by atoms with Gasteiger partial charge in [-0.1, -0.05) is 49.7 Å². The Morgan fingerprint density at radius 2 is 1.88 bits per heavy atom. The zero-order chi connectivity index (χ0) is 18.4. The van der Waals surface area contributed by atoms with Gasteiger partial charge in [0, 0.05) is 17.8 Å². The summed E-state index contributed by atoms with van der Waals surface area (Å²) >= 11 is 0. The fourth-order valence-corrected chi connectivity index (χ4v) is 2.26. The maximum absolute atomic E-state index is 13.8. The van der Waals surface area contributed by atoms with Crippen molar-refractivity contribution >= 4 is 16.5 Å². The summed E-state index contributed by atoms with van der Waals surface area (Å²) in [6.45, 7) is 3.15. The summed E-state index contributed by atoms with van der Waals surface area (Å²) in [5.41, 5.74) is 8.02. The third-order valence-electron chi connectivity index (χ3n) is 3.19. The van der Waals surface area contributed by atoms with Crippen LogP contribution in [0.15, 0.2) is 60.4 Å². The monoisotopic (exact) mass is 529 g/mol. The number of rotatable bonds is 2. The molecule has 0 saturated carbocycles. The van der Waals surface area contributed by atoms with E-state index in [9.17, 15) is 8.78 Å². The van der Waals surface area contributed by atoms with E-state index in [0.29, 0.717) is 11.4 Å². The molecule has 0 spiro atoms. The summed E-state index contributed by atoms with van der Waals surface area (Å²) in [6, 6.07) is 13.9. The molecular weight excluding hydrogens is 512 g/mol. The van der Waals surface area contributed by atoms with Crippen molar-refractivity contribution < 1.29 is 28.9 Å². The fourth-order valence-electron chi connectivity index (χ4n) is 2.26. The van der Waals surface area contributed by atoms with Crippen LogP contribution < -0.4 is 0 Å². The molecule has 0 unspecified atom stereocenters. The van der Waals surface area contributed by atoms with Crippen molar-refractivity contribution in [3.05, 3.63) is 89.3 Å². The zero-order valence-corrected chi connectivity index (χ0v) is 16.6. The van der Waals surface area contributed by atoms with Crippen LogP contribution in [-0.4, -0.2) is 10.7 Å². The van der Waals surface area contributed by atoms with Gasteiger partial charge in [0.1, 0.15) is 0 Å². The van der Waals surface area contributed by atoms with Gasteiger partial charge in [0.05, 0.1) is 0 Å². The summed E-state index contributed by atoms with van der Waals surface area (Å²) in [7, 11) is 0. The topological polar surface area (TPSA) is 59.0 Å². The summed E-state index contributed by atoms with van der Waals surface area (Å²) < 4.78 is 26.6. The largest absolute Gasteiger partial charge is 3.00 e. The molecule has 0 saturated heterocycles. The Morgan fingerprint density at radius 1 is 1.19 bits per heavy atom. The second kappa shape index (κ2) is 9.90. The number of nitrogens with one attached hydrogen (secondary N) is 1. The molecule has 0 radical (unpaired) electrons. The maximum Gasteiger partial charge on any atom is 3.00 e. The molecule has 1 aromatic heterocycles. The fraction of sp³-hybridized carbons (Fsp3) is 0.100. The van der Waals surface area contributed by atoms with Crippen LogP contribution in [0.1, 0.15) is 13.8 Å². The number of pyridine rings is 1. The van der Waals surface area contributed by atoms with E-state index in [1.165, 1.54) is 13.0 Å². The predicted molar refractivity (Wildman–Crippen MR) is 98.0 cm³/mol. The molecular formula is C20H16F2IrN3. The second-order valence-corrected chi connectivity index (χ2v) is 5.39. The molecule has 3 nitrogen and oxygen atoms in total. The Bertz CT molecular complexity index is 930. The predicted octanol–water partition coefficient (Wildman–Crippen LogP) is 5.95. The van der Waals surface area contributed by atoms with Gasteiger partial charge in [-0.05, 0) is 22.5 Å². The van der Waals surface area contributed by atoms with Crippen LogP contribution in [-0.2, 0) is 20.1 Å². The number of hydrogen-bond acceptors (Lipinski definition) is 1.